The molecule has 1 aliphatic heterocycles. The van der Waals surface area contributed by atoms with Crippen LogP contribution in [0.15, 0.2) is 12.2 Å². The van der Waals surface area contributed by atoms with Crippen molar-refractivity contribution in [3.05, 3.63) is 12.2 Å². The maximum absolute atomic E-state index is 11.5. The van der Waals surface area contributed by atoms with E-state index in [2.05, 4.69) is 6.92 Å². The Hall–Kier alpha value is -1.12. The smallest absolute Gasteiger partial charge is 0.253 e. The monoisotopic (exact) mass is 193 g/mol. The molecule has 0 aromatic rings. The topological polar surface area (TPSA) is 37.4 Å². The van der Waals surface area contributed by atoms with Crippen LogP contribution in [0.25, 0.3) is 0 Å². The molecule has 0 spiro atoms. The third-order valence-corrected chi connectivity index (χ3v) is 3.32. The Kier molecular flexibility index (Phi) is 2.40. The summed E-state index contributed by atoms with van der Waals surface area (Å²) in [5, 5.41) is 0. The van der Waals surface area contributed by atoms with Gasteiger partial charge in [-0.1, -0.05) is 19.8 Å². The van der Waals surface area contributed by atoms with Gasteiger partial charge >= 0.3 is 0 Å². The first kappa shape index (κ1) is 9.44. The summed E-state index contributed by atoms with van der Waals surface area (Å²) in [6.45, 7) is 2.13. The Morgan fingerprint density at radius 3 is 2.50 bits per heavy atom. The molecule has 76 valence electrons. The highest BCUT2D eigenvalue weighted by Crippen LogP contribution is 2.33. The maximum Gasteiger partial charge on any atom is 0.253 e. The Morgan fingerprint density at radius 1 is 1.29 bits per heavy atom. The normalized spacial score (nSPS) is 31.9. The fourth-order valence-electron chi connectivity index (χ4n) is 2.57. The van der Waals surface area contributed by atoms with Crippen molar-refractivity contribution in [1.82, 2.24) is 4.90 Å². The molecular weight excluding hydrogens is 178 g/mol. The van der Waals surface area contributed by atoms with Crippen molar-refractivity contribution in [1.29, 1.82) is 0 Å². The van der Waals surface area contributed by atoms with Crippen LogP contribution in [-0.2, 0) is 9.59 Å². The number of imide groups is 1. The molecule has 14 heavy (non-hydrogen) atoms. The molecule has 2 amide bonds. The fraction of sp³-hybridized carbons (Fsp3) is 0.636. The molecule has 0 aromatic carbocycles. The van der Waals surface area contributed by atoms with Gasteiger partial charge in [-0.3, -0.25) is 14.5 Å². The third kappa shape index (κ3) is 1.37. The van der Waals surface area contributed by atoms with Crippen LogP contribution in [0.2, 0.25) is 0 Å². The summed E-state index contributed by atoms with van der Waals surface area (Å²) < 4.78 is 0. The van der Waals surface area contributed by atoms with Crippen LogP contribution in [0.5, 0.6) is 0 Å². The lowest BCUT2D eigenvalue weighted by Gasteiger charge is -2.27. The molecule has 0 aromatic heterocycles. The van der Waals surface area contributed by atoms with Gasteiger partial charge < -0.3 is 0 Å². The van der Waals surface area contributed by atoms with E-state index < -0.39 is 0 Å². The van der Waals surface area contributed by atoms with Gasteiger partial charge in [-0.2, -0.15) is 0 Å². The molecule has 0 radical (unpaired) electrons. The number of nitrogens with zero attached hydrogens (tertiary/aromatic N) is 1. The fourth-order valence-corrected chi connectivity index (χ4v) is 2.57. The second kappa shape index (κ2) is 3.56. The molecule has 2 rings (SSSR count). The zero-order valence-corrected chi connectivity index (χ0v) is 8.40. The molecule has 1 heterocycles. The third-order valence-electron chi connectivity index (χ3n) is 3.32. The lowest BCUT2D eigenvalue weighted by atomic mass is 9.99. The SMILES string of the molecule is CC[C@H]1CCC[C@@H]1N1C(=O)C=CC1=O. The summed E-state index contributed by atoms with van der Waals surface area (Å²) in [4.78, 5) is 24.3. The lowest BCUT2D eigenvalue weighted by Crippen LogP contribution is -2.41. The highest BCUT2D eigenvalue weighted by atomic mass is 16.2. The number of carbonyl (C=O) groups is 2. The van der Waals surface area contributed by atoms with Gasteiger partial charge in [-0.05, 0) is 18.8 Å². The number of rotatable bonds is 2. The summed E-state index contributed by atoms with van der Waals surface area (Å²) in [5.74, 6) is 0.267. The molecule has 1 fully saturated rings. The molecule has 0 saturated heterocycles. The van der Waals surface area contributed by atoms with Crippen LogP contribution in [0.4, 0.5) is 0 Å². The number of hydrogen-bond acceptors (Lipinski definition) is 2. The summed E-state index contributed by atoms with van der Waals surface area (Å²) in [6, 6.07) is 0.162. The van der Waals surface area contributed by atoms with E-state index in [0.717, 1.165) is 25.7 Å². The van der Waals surface area contributed by atoms with Gasteiger partial charge in [0, 0.05) is 18.2 Å². The van der Waals surface area contributed by atoms with Crippen molar-refractivity contribution in [2.45, 2.75) is 38.6 Å². The summed E-state index contributed by atoms with van der Waals surface area (Å²) in [7, 11) is 0. The zero-order chi connectivity index (χ0) is 10.1. The molecule has 3 nitrogen and oxygen atoms in total. The van der Waals surface area contributed by atoms with Crippen molar-refractivity contribution in [2.24, 2.45) is 5.92 Å². The first-order chi connectivity index (χ1) is 6.74. The first-order valence-corrected chi connectivity index (χ1v) is 5.29. The molecule has 0 bridgehead atoms. The van der Waals surface area contributed by atoms with Gasteiger partial charge in [-0.25, -0.2) is 0 Å². The second-order valence-corrected chi connectivity index (χ2v) is 4.05. The average Bonchev–Trinajstić information content (AvgIpc) is 2.73. The van der Waals surface area contributed by atoms with Gasteiger partial charge in [0.2, 0.25) is 0 Å². The summed E-state index contributed by atoms with van der Waals surface area (Å²) in [5.41, 5.74) is 0. The molecule has 2 aliphatic rings. The van der Waals surface area contributed by atoms with Crippen LogP contribution in [-0.4, -0.2) is 22.8 Å². The van der Waals surface area contributed by atoms with E-state index in [1.807, 2.05) is 0 Å². The lowest BCUT2D eigenvalue weighted by molar-refractivity contribution is -0.140. The van der Waals surface area contributed by atoms with Crippen LogP contribution in [0.1, 0.15) is 32.6 Å². The molecule has 0 unspecified atom stereocenters. The van der Waals surface area contributed by atoms with Crippen molar-refractivity contribution < 1.29 is 9.59 Å². The maximum atomic E-state index is 11.5. The zero-order valence-electron chi connectivity index (χ0n) is 8.40. The van der Waals surface area contributed by atoms with Gasteiger partial charge in [0.05, 0.1) is 0 Å². The average molecular weight is 193 g/mol. The molecule has 1 saturated carbocycles. The Morgan fingerprint density at radius 2 is 1.93 bits per heavy atom. The van der Waals surface area contributed by atoms with Crippen molar-refractivity contribution in [3.8, 4) is 0 Å². The van der Waals surface area contributed by atoms with E-state index in [1.165, 1.54) is 17.1 Å². The van der Waals surface area contributed by atoms with Gasteiger partial charge in [0.25, 0.3) is 11.8 Å². The highest BCUT2D eigenvalue weighted by molar-refractivity contribution is 6.13. The number of hydrogen-bond donors (Lipinski definition) is 0. The largest absolute Gasteiger partial charge is 0.272 e. The van der Waals surface area contributed by atoms with Crippen molar-refractivity contribution in [3.63, 3.8) is 0 Å². The van der Waals surface area contributed by atoms with E-state index in [-0.39, 0.29) is 17.9 Å². The molecule has 1 aliphatic carbocycles. The number of carbonyl (C=O) groups excluding carboxylic acids is 2. The van der Waals surface area contributed by atoms with Gasteiger partial charge in [0.15, 0.2) is 0 Å². The summed E-state index contributed by atoms with van der Waals surface area (Å²) in [6.07, 6.45) is 7.10. The van der Waals surface area contributed by atoms with Crippen LogP contribution < -0.4 is 0 Å². The molecule has 2 atom stereocenters. The van der Waals surface area contributed by atoms with Crippen molar-refractivity contribution in [2.75, 3.05) is 0 Å². The quantitative estimate of drug-likeness (QED) is 0.623. The van der Waals surface area contributed by atoms with E-state index in [4.69, 9.17) is 0 Å². The Balaban J connectivity index is 2.14. The minimum atomic E-state index is -0.125. The predicted molar refractivity (Wildman–Crippen MR) is 52.4 cm³/mol. The Labute approximate surface area is 83.8 Å². The van der Waals surface area contributed by atoms with Crippen LogP contribution >= 0.6 is 0 Å². The second-order valence-electron chi connectivity index (χ2n) is 4.05. The van der Waals surface area contributed by atoms with Gasteiger partial charge in [0.1, 0.15) is 0 Å². The molecule has 0 N–H and O–H groups in total. The van der Waals surface area contributed by atoms with Crippen molar-refractivity contribution >= 4 is 11.8 Å². The standard InChI is InChI=1S/C11H15NO2/c1-2-8-4-3-5-9(8)12-10(13)6-7-11(12)14/h6-9H,2-5H2,1H3/t8-,9-/m0/s1. The molecule has 3 heteroatoms. The Bertz CT molecular complexity index is 278. The van der Waals surface area contributed by atoms with Crippen LogP contribution in [0, 0.1) is 5.92 Å². The number of amides is 2. The summed E-state index contributed by atoms with van der Waals surface area (Å²) >= 11 is 0. The minimum Gasteiger partial charge on any atom is -0.272 e. The van der Waals surface area contributed by atoms with E-state index in [1.54, 1.807) is 0 Å². The first-order valence-electron chi connectivity index (χ1n) is 5.29. The van der Waals surface area contributed by atoms with E-state index >= 15 is 0 Å². The van der Waals surface area contributed by atoms with Gasteiger partial charge in [-0.15, -0.1) is 0 Å². The predicted octanol–water partition coefficient (Wildman–Crippen LogP) is 1.49. The minimum absolute atomic E-state index is 0.125. The van der Waals surface area contributed by atoms with Crippen LogP contribution in [0.3, 0.4) is 0 Å². The van der Waals surface area contributed by atoms with E-state index in [0.29, 0.717) is 5.92 Å². The van der Waals surface area contributed by atoms with E-state index in [9.17, 15) is 9.59 Å². The highest BCUT2D eigenvalue weighted by Gasteiger charge is 2.37. The molecular formula is C11H15NO2.